The minimum Gasteiger partial charge on any atom is -1.00 e. The van der Waals surface area contributed by atoms with E-state index in [9.17, 15) is 9.59 Å². The first-order chi connectivity index (χ1) is 9.95. The Hall–Kier alpha value is -0.100. The average Bonchev–Trinajstić information content (AvgIpc) is 2.45. The number of aliphatic carboxylic acids is 2. The summed E-state index contributed by atoms with van der Waals surface area (Å²) in [7, 11) is 0. The first-order valence-corrected chi connectivity index (χ1v) is 8.13. The van der Waals surface area contributed by atoms with E-state index in [0.29, 0.717) is 0 Å². The maximum absolute atomic E-state index is 10.5. The predicted molar refractivity (Wildman–Crippen MR) is 86.7 cm³/mol. The van der Waals surface area contributed by atoms with E-state index in [-0.39, 0.29) is 37.4 Å². The molecular formula is C16H34NNaO4. The number of rotatable bonds is 12. The zero-order valence-electron chi connectivity index (χ0n) is 15.9. The topological polar surface area (TPSA) is 86.6 Å². The van der Waals surface area contributed by atoms with Crippen LogP contribution in [0.4, 0.5) is 0 Å². The fourth-order valence-electron chi connectivity index (χ4n) is 1.66. The van der Waals surface area contributed by atoms with Crippen molar-refractivity contribution in [2.45, 2.75) is 84.6 Å². The van der Waals surface area contributed by atoms with E-state index in [1.807, 2.05) is 0 Å². The van der Waals surface area contributed by atoms with Gasteiger partial charge in [-0.15, -0.1) is 0 Å². The van der Waals surface area contributed by atoms with Crippen LogP contribution in [-0.4, -0.2) is 34.7 Å². The molecular weight excluding hydrogens is 293 g/mol. The molecule has 0 saturated heterocycles. The summed E-state index contributed by atoms with van der Waals surface area (Å²) in [6.07, 6.45) is 10.5. The second kappa shape index (κ2) is 20.9. The van der Waals surface area contributed by atoms with Gasteiger partial charge >= 0.3 is 41.5 Å². The monoisotopic (exact) mass is 327 g/mol. The molecule has 0 radical (unpaired) electrons. The van der Waals surface area contributed by atoms with Crippen LogP contribution in [0.5, 0.6) is 0 Å². The van der Waals surface area contributed by atoms with Gasteiger partial charge in [0, 0.05) is 6.42 Å². The molecule has 0 aromatic heterocycles. The smallest absolute Gasteiger partial charge is 1.00 e. The first-order valence-electron chi connectivity index (χ1n) is 8.13. The van der Waals surface area contributed by atoms with Crippen LogP contribution in [0.2, 0.25) is 0 Å². The van der Waals surface area contributed by atoms with Gasteiger partial charge in [-0.3, -0.25) is 9.59 Å². The summed E-state index contributed by atoms with van der Waals surface area (Å²) in [5.41, 5.74) is 0. The molecule has 5 nitrogen and oxygen atoms in total. The molecule has 22 heavy (non-hydrogen) atoms. The molecule has 0 aliphatic carbocycles. The summed E-state index contributed by atoms with van der Waals surface area (Å²) in [5, 5.41) is 19.4. The molecule has 0 aromatic carbocycles. The SMILES string of the molecule is CCC(=O)O.CCCCCCCCCCNC(C)C(=O)O.[H-].[Na+]. The van der Waals surface area contributed by atoms with Gasteiger partial charge in [0.25, 0.3) is 0 Å². The molecule has 0 aliphatic rings. The minimum atomic E-state index is -0.764. The molecule has 0 aliphatic heterocycles. The number of hydrogen-bond donors (Lipinski definition) is 3. The molecule has 1 unspecified atom stereocenters. The summed E-state index contributed by atoms with van der Waals surface area (Å²) in [6.45, 7) is 6.34. The fraction of sp³-hybridized carbons (Fsp3) is 0.875. The van der Waals surface area contributed by atoms with Crippen molar-refractivity contribution in [2.75, 3.05) is 6.54 Å². The van der Waals surface area contributed by atoms with Gasteiger partial charge in [-0.05, 0) is 19.9 Å². The number of carbonyl (C=O) groups is 2. The first kappa shape index (κ1) is 26.8. The average molecular weight is 327 g/mol. The molecule has 0 saturated carbocycles. The van der Waals surface area contributed by atoms with E-state index in [0.717, 1.165) is 13.0 Å². The van der Waals surface area contributed by atoms with Crippen LogP contribution in [-0.2, 0) is 9.59 Å². The Labute approximate surface area is 159 Å². The number of carboxylic acid groups (broad SMARTS) is 2. The van der Waals surface area contributed by atoms with Crippen LogP contribution in [0, 0.1) is 0 Å². The van der Waals surface area contributed by atoms with Gasteiger partial charge in [-0.1, -0.05) is 58.8 Å². The van der Waals surface area contributed by atoms with Gasteiger partial charge in [0.05, 0.1) is 0 Å². The van der Waals surface area contributed by atoms with Crippen LogP contribution >= 0.6 is 0 Å². The van der Waals surface area contributed by atoms with Crippen LogP contribution in [0.3, 0.4) is 0 Å². The Bertz CT molecular complexity index is 268. The zero-order valence-corrected chi connectivity index (χ0v) is 16.9. The largest absolute Gasteiger partial charge is 1.00 e. The number of nitrogens with one attached hydrogen (secondary N) is 1. The van der Waals surface area contributed by atoms with E-state index in [1.54, 1.807) is 13.8 Å². The zero-order chi connectivity index (χ0) is 16.5. The standard InChI is InChI=1S/C13H27NO2.C3H6O2.Na.H/c1-3-4-5-6-7-8-9-10-11-14-12(2)13(15)16;1-2-3(4)5;;/h12,14H,3-11H2,1-2H3,(H,15,16);2H2,1H3,(H,4,5);;/q;;+1;-1. The third kappa shape index (κ3) is 24.9. The third-order valence-electron chi connectivity index (χ3n) is 3.15. The van der Waals surface area contributed by atoms with Gasteiger partial charge < -0.3 is 17.0 Å². The van der Waals surface area contributed by atoms with Gasteiger partial charge in [-0.2, -0.15) is 0 Å². The molecule has 0 bridgehead atoms. The number of unbranched alkanes of at least 4 members (excludes halogenated alkanes) is 7. The predicted octanol–water partition coefficient (Wildman–Crippen LogP) is 0.787. The molecule has 0 fully saturated rings. The summed E-state index contributed by atoms with van der Waals surface area (Å²) >= 11 is 0. The molecule has 0 amide bonds. The Morgan fingerprint density at radius 3 is 1.73 bits per heavy atom. The molecule has 1 atom stereocenters. The summed E-state index contributed by atoms with van der Waals surface area (Å²) < 4.78 is 0. The minimum absolute atomic E-state index is 0. The van der Waals surface area contributed by atoms with Crippen molar-refractivity contribution in [3.05, 3.63) is 0 Å². The quantitative estimate of drug-likeness (QED) is 0.364. The number of carboxylic acids is 2. The van der Waals surface area contributed by atoms with Gasteiger partial charge in [0.1, 0.15) is 6.04 Å². The van der Waals surface area contributed by atoms with Crippen LogP contribution in [0.1, 0.15) is 80.0 Å². The number of hydrogen-bond acceptors (Lipinski definition) is 3. The van der Waals surface area contributed by atoms with Crippen molar-refractivity contribution in [1.29, 1.82) is 0 Å². The van der Waals surface area contributed by atoms with E-state index in [4.69, 9.17) is 10.2 Å². The van der Waals surface area contributed by atoms with Crippen LogP contribution in [0.25, 0.3) is 0 Å². The van der Waals surface area contributed by atoms with Crippen molar-refractivity contribution < 1.29 is 50.8 Å². The normalized spacial score (nSPS) is 10.9. The van der Waals surface area contributed by atoms with Crippen molar-refractivity contribution in [2.24, 2.45) is 0 Å². The summed E-state index contributed by atoms with van der Waals surface area (Å²) in [5.74, 6) is -1.51. The second-order valence-electron chi connectivity index (χ2n) is 5.24. The Morgan fingerprint density at radius 2 is 1.36 bits per heavy atom. The fourth-order valence-corrected chi connectivity index (χ4v) is 1.66. The van der Waals surface area contributed by atoms with Crippen molar-refractivity contribution >= 4 is 11.9 Å². The Balaban J connectivity index is -0.000000225. The second-order valence-corrected chi connectivity index (χ2v) is 5.24. The van der Waals surface area contributed by atoms with Crippen molar-refractivity contribution in [3.63, 3.8) is 0 Å². The van der Waals surface area contributed by atoms with Crippen LogP contribution < -0.4 is 34.9 Å². The maximum Gasteiger partial charge on any atom is 1.00 e. The van der Waals surface area contributed by atoms with E-state index in [1.165, 1.54) is 44.9 Å². The van der Waals surface area contributed by atoms with Gasteiger partial charge in [0.15, 0.2) is 0 Å². The molecule has 0 aromatic rings. The molecule has 128 valence electrons. The van der Waals surface area contributed by atoms with Gasteiger partial charge in [0.2, 0.25) is 0 Å². The maximum atomic E-state index is 10.5. The molecule has 0 rings (SSSR count). The van der Waals surface area contributed by atoms with E-state index >= 15 is 0 Å². The van der Waals surface area contributed by atoms with Crippen molar-refractivity contribution in [1.82, 2.24) is 5.32 Å². The van der Waals surface area contributed by atoms with Gasteiger partial charge in [-0.25, -0.2) is 0 Å². The summed E-state index contributed by atoms with van der Waals surface area (Å²) in [4.78, 5) is 19.9. The van der Waals surface area contributed by atoms with E-state index < -0.39 is 18.0 Å². The summed E-state index contributed by atoms with van der Waals surface area (Å²) in [6, 6.07) is -0.412. The van der Waals surface area contributed by atoms with Crippen molar-refractivity contribution in [3.8, 4) is 0 Å². The molecule has 0 spiro atoms. The molecule has 3 N–H and O–H groups in total. The molecule has 0 heterocycles. The molecule has 6 heteroatoms. The Morgan fingerprint density at radius 1 is 0.955 bits per heavy atom. The van der Waals surface area contributed by atoms with E-state index in [2.05, 4.69) is 12.2 Å². The van der Waals surface area contributed by atoms with Crippen LogP contribution in [0.15, 0.2) is 0 Å². The Kier molecular flexibility index (Phi) is 25.4. The third-order valence-corrected chi connectivity index (χ3v) is 3.15.